The van der Waals surface area contributed by atoms with Gasteiger partial charge in [-0.2, -0.15) is 0 Å². The summed E-state index contributed by atoms with van der Waals surface area (Å²) in [5, 5.41) is 11.7. The lowest BCUT2D eigenvalue weighted by Crippen LogP contribution is -2.14. The van der Waals surface area contributed by atoms with Crippen LogP contribution in [0.5, 0.6) is 11.5 Å². The molecule has 164 valence electrons. The minimum Gasteiger partial charge on any atom is -0.507 e. The van der Waals surface area contributed by atoms with E-state index in [1.807, 2.05) is 43.3 Å². The van der Waals surface area contributed by atoms with Crippen molar-refractivity contribution >= 4 is 28.5 Å². The molecule has 0 heterocycles. The van der Waals surface area contributed by atoms with Crippen LogP contribution in [0, 0.1) is 6.92 Å². The Morgan fingerprint density at radius 3 is 2.03 bits per heavy atom. The summed E-state index contributed by atoms with van der Waals surface area (Å²) in [5.41, 5.74) is 1.73. The molecule has 0 aliphatic carbocycles. The quantitative estimate of drug-likeness (QED) is 0.255. The first-order chi connectivity index (χ1) is 15.9. The number of benzene rings is 4. The van der Waals surface area contributed by atoms with Gasteiger partial charge in [0.15, 0.2) is 12.4 Å². The van der Waals surface area contributed by atoms with Gasteiger partial charge in [0.2, 0.25) is 0 Å². The first kappa shape index (κ1) is 21.8. The number of fused-ring (bicyclic) bond motifs is 1. The molecule has 4 aromatic rings. The Kier molecular flexibility index (Phi) is 6.17. The Balaban J connectivity index is 1.37. The summed E-state index contributed by atoms with van der Waals surface area (Å²) in [5.74, 6) is -1.66. The van der Waals surface area contributed by atoms with Crippen molar-refractivity contribution < 1.29 is 29.0 Å². The van der Waals surface area contributed by atoms with Gasteiger partial charge in [0.05, 0.1) is 5.56 Å². The molecule has 33 heavy (non-hydrogen) atoms. The molecule has 1 N–H and O–H groups in total. The standard InChI is InChI=1S/C27H20O6/c1-17-6-8-19(9-7-17)26(30)33-22-12-10-18(11-13-22)25(29)16-32-27(31)23-14-20-4-2-3-5-21(20)15-24(23)28/h2-15,28H,16H2,1H3. The molecule has 6 nitrogen and oxygen atoms in total. The summed E-state index contributed by atoms with van der Waals surface area (Å²) >= 11 is 0. The van der Waals surface area contributed by atoms with Crippen molar-refractivity contribution in [2.45, 2.75) is 6.92 Å². The van der Waals surface area contributed by atoms with Crippen LogP contribution in [0.4, 0.5) is 0 Å². The summed E-state index contributed by atoms with van der Waals surface area (Å²) in [6, 6.07) is 23.2. The van der Waals surface area contributed by atoms with Crippen molar-refractivity contribution in [1.29, 1.82) is 0 Å². The van der Waals surface area contributed by atoms with E-state index in [4.69, 9.17) is 9.47 Å². The predicted octanol–water partition coefficient (Wildman–Crippen LogP) is 5.11. The van der Waals surface area contributed by atoms with Crippen molar-refractivity contribution in [3.8, 4) is 11.5 Å². The molecule has 0 atom stereocenters. The van der Waals surface area contributed by atoms with Crippen LogP contribution < -0.4 is 4.74 Å². The maximum atomic E-state index is 12.4. The zero-order valence-corrected chi connectivity index (χ0v) is 17.8. The highest BCUT2D eigenvalue weighted by Gasteiger charge is 2.17. The van der Waals surface area contributed by atoms with Crippen molar-refractivity contribution in [1.82, 2.24) is 0 Å². The van der Waals surface area contributed by atoms with E-state index in [0.29, 0.717) is 11.1 Å². The number of phenols is 1. The number of rotatable bonds is 6. The van der Waals surface area contributed by atoms with E-state index in [0.717, 1.165) is 16.3 Å². The third kappa shape index (κ3) is 5.07. The third-order valence-corrected chi connectivity index (χ3v) is 5.09. The zero-order valence-electron chi connectivity index (χ0n) is 17.8. The molecule has 6 heteroatoms. The number of ether oxygens (including phenoxy) is 2. The van der Waals surface area contributed by atoms with Gasteiger partial charge in [-0.05, 0) is 66.2 Å². The molecule has 0 unspecified atom stereocenters. The van der Waals surface area contributed by atoms with Crippen LogP contribution in [0.3, 0.4) is 0 Å². The van der Waals surface area contributed by atoms with Crippen LogP contribution in [-0.4, -0.2) is 29.4 Å². The van der Waals surface area contributed by atoms with E-state index in [2.05, 4.69) is 0 Å². The number of carbonyl (C=O) groups excluding carboxylic acids is 3. The minimum atomic E-state index is -0.796. The maximum Gasteiger partial charge on any atom is 0.343 e. The first-order valence-corrected chi connectivity index (χ1v) is 10.2. The van der Waals surface area contributed by atoms with Crippen LogP contribution in [0.2, 0.25) is 0 Å². The molecule has 4 rings (SSSR count). The minimum absolute atomic E-state index is 0.0140. The average Bonchev–Trinajstić information content (AvgIpc) is 2.82. The highest BCUT2D eigenvalue weighted by molar-refractivity contribution is 6.02. The lowest BCUT2D eigenvalue weighted by molar-refractivity contribution is 0.0472. The third-order valence-electron chi connectivity index (χ3n) is 5.09. The number of ketones is 1. The number of aryl methyl sites for hydroxylation is 1. The van der Waals surface area contributed by atoms with Gasteiger partial charge >= 0.3 is 11.9 Å². The Bertz CT molecular complexity index is 1340. The Morgan fingerprint density at radius 1 is 0.758 bits per heavy atom. The Hall–Kier alpha value is -4.45. The molecule has 0 saturated carbocycles. The van der Waals surface area contributed by atoms with Gasteiger partial charge in [-0.25, -0.2) is 9.59 Å². The van der Waals surface area contributed by atoms with Crippen molar-refractivity contribution in [3.63, 3.8) is 0 Å². The molecule has 0 fully saturated rings. The van der Waals surface area contributed by atoms with Crippen molar-refractivity contribution in [3.05, 3.63) is 107 Å². The summed E-state index contributed by atoms with van der Waals surface area (Å²) in [6.45, 7) is 1.43. The normalized spacial score (nSPS) is 10.6. The molecule has 0 aliphatic rings. The Labute approximate surface area is 190 Å². The van der Waals surface area contributed by atoms with E-state index in [1.165, 1.54) is 36.4 Å². The number of aromatic hydroxyl groups is 1. The molecule has 0 spiro atoms. The molecular formula is C27H20O6. The van der Waals surface area contributed by atoms with Crippen LogP contribution >= 0.6 is 0 Å². The smallest absolute Gasteiger partial charge is 0.343 e. The monoisotopic (exact) mass is 440 g/mol. The lowest BCUT2D eigenvalue weighted by Gasteiger charge is -2.08. The number of hydrogen-bond donors (Lipinski definition) is 1. The van der Waals surface area contributed by atoms with E-state index in [1.54, 1.807) is 12.1 Å². The second-order valence-corrected chi connectivity index (χ2v) is 7.50. The molecule has 0 bridgehead atoms. The maximum absolute atomic E-state index is 12.4. The van der Waals surface area contributed by atoms with Crippen LogP contribution in [0.25, 0.3) is 10.8 Å². The summed E-state index contributed by atoms with van der Waals surface area (Å²) in [6.07, 6.45) is 0. The van der Waals surface area contributed by atoms with Gasteiger partial charge in [-0.15, -0.1) is 0 Å². The van der Waals surface area contributed by atoms with Gasteiger partial charge in [0, 0.05) is 5.56 Å². The fraction of sp³-hybridized carbons (Fsp3) is 0.0741. The molecule has 0 aliphatic heterocycles. The molecule has 0 saturated heterocycles. The number of esters is 2. The second kappa shape index (κ2) is 9.36. The molecule has 4 aromatic carbocycles. The fourth-order valence-electron chi connectivity index (χ4n) is 3.25. The van der Waals surface area contributed by atoms with Gasteiger partial charge in [-0.3, -0.25) is 4.79 Å². The lowest BCUT2D eigenvalue weighted by atomic mass is 10.1. The van der Waals surface area contributed by atoms with E-state index in [9.17, 15) is 19.5 Å². The van der Waals surface area contributed by atoms with E-state index >= 15 is 0 Å². The summed E-state index contributed by atoms with van der Waals surface area (Å²) in [4.78, 5) is 37.0. The number of hydrogen-bond acceptors (Lipinski definition) is 6. The second-order valence-electron chi connectivity index (χ2n) is 7.50. The summed E-state index contributed by atoms with van der Waals surface area (Å²) in [7, 11) is 0. The predicted molar refractivity (Wildman–Crippen MR) is 123 cm³/mol. The molecule has 0 aromatic heterocycles. The van der Waals surface area contributed by atoms with Crippen molar-refractivity contribution in [2.24, 2.45) is 0 Å². The van der Waals surface area contributed by atoms with Gasteiger partial charge in [0.25, 0.3) is 0 Å². The SMILES string of the molecule is Cc1ccc(C(=O)Oc2ccc(C(=O)COC(=O)c3cc4ccccc4cc3O)cc2)cc1. The van der Waals surface area contributed by atoms with Crippen LogP contribution in [0.15, 0.2) is 84.9 Å². The molecule has 0 radical (unpaired) electrons. The topological polar surface area (TPSA) is 89.9 Å². The molecule has 0 amide bonds. The highest BCUT2D eigenvalue weighted by atomic mass is 16.5. The van der Waals surface area contributed by atoms with E-state index < -0.39 is 24.3 Å². The molecular weight excluding hydrogens is 420 g/mol. The first-order valence-electron chi connectivity index (χ1n) is 10.2. The fourth-order valence-corrected chi connectivity index (χ4v) is 3.25. The van der Waals surface area contributed by atoms with E-state index in [-0.39, 0.29) is 17.1 Å². The Morgan fingerprint density at radius 2 is 1.36 bits per heavy atom. The van der Waals surface area contributed by atoms with Crippen LogP contribution in [-0.2, 0) is 4.74 Å². The highest BCUT2D eigenvalue weighted by Crippen LogP contribution is 2.25. The number of phenolic OH excluding ortho intramolecular Hbond substituents is 1. The zero-order chi connectivity index (χ0) is 23.4. The average molecular weight is 440 g/mol. The van der Waals surface area contributed by atoms with Gasteiger partial charge in [0.1, 0.15) is 17.1 Å². The largest absolute Gasteiger partial charge is 0.507 e. The number of carbonyl (C=O) groups is 3. The van der Waals surface area contributed by atoms with Crippen LogP contribution in [0.1, 0.15) is 36.6 Å². The van der Waals surface area contributed by atoms with Gasteiger partial charge < -0.3 is 14.6 Å². The van der Waals surface area contributed by atoms with Gasteiger partial charge in [-0.1, -0.05) is 42.0 Å². The summed E-state index contributed by atoms with van der Waals surface area (Å²) < 4.78 is 10.4. The van der Waals surface area contributed by atoms with Crippen molar-refractivity contribution in [2.75, 3.05) is 6.61 Å². The number of Topliss-reactive ketones (excluding diaryl/α,β-unsaturated/α-hetero) is 1.